The second kappa shape index (κ2) is 2.55. The molecule has 0 saturated heterocycles. The molecule has 2 bridgehead atoms. The highest BCUT2D eigenvalue weighted by atomic mass is 16.4. The minimum absolute atomic E-state index is 0.122. The van der Waals surface area contributed by atoms with Crippen LogP contribution < -0.4 is 0 Å². The number of carboxylic acid groups (broad SMARTS) is 1. The summed E-state index contributed by atoms with van der Waals surface area (Å²) in [4.78, 5) is 11.2. The largest absolute Gasteiger partial charge is 0.479 e. The Balaban J connectivity index is 2.59. The van der Waals surface area contributed by atoms with Crippen molar-refractivity contribution >= 4 is 5.97 Å². The molecule has 4 unspecified atom stereocenters. The minimum atomic E-state index is -1.99. The van der Waals surface area contributed by atoms with Gasteiger partial charge >= 0.3 is 5.97 Å². The third kappa shape index (κ3) is 0.843. The molecule has 3 N–H and O–H groups in total. The van der Waals surface area contributed by atoms with E-state index in [1.54, 1.807) is 6.92 Å². The quantitative estimate of drug-likeness (QED) is 0.598. The van der Waals surface area contributed by atoms with Gasteiger partial charge in [-0.05, 0) is 24.2 Å². The van der Waals surface area contributed by atoms with Gasteiger partial charge in [-0.2, -0.15) is 0 Å². The molecular formula is C11H18O4. The first-order chi connectivity index (χ1) is 6.69. The molecule has 0 aromatic carbocycles. The van der Waals surface area contributed by atoms with E-state index in [2.05, 4.69) is 0 Å². The summed E-state index contributed by atoms with van der Waals surface area (Å²) in [7, 11) is 0. The fourth-order valence-electron chi connectivity index (χ4n) is 3.75. The lowest BCUT2D eigenvalue weighted by Gasteiger charge is -2.43. The van der Waals surface area contributed by atoms with Gasteiger partial charge in [0.1, 0.15) is 0 Å². The van der Waals surface area contributed by atoms with E-state index in [0.29, 0.717) is 6.42 Å². The molecule has 0 aliphatic heterocycles. The number of aliphatic hydroxyl groups excluding tert-OH is 1. The molecular weight excluding hydrogens is 196 g/mol. The summed E-state index contributed by atoms with van der Waals surface area (Å²) in [5.74, 6) is -1.42. The number of rotatable bonds is 1. The molecule has 4 heteroatoms. The van der Waals surface area contributed by atoms with E-state index in [4.69, 9.17) is 5.11 Å². The Morgan fingerprint density at radius 2 is 1.87 bits per heavy atom. The van der Waals surface area contributed by atoms with Gasteiger partial charge in [0.15, 0.2) is 5.60 Å². The molecule has 0 radical (unpaired) electrons. The van der Waals surface area contributed by atoms with Crippen molar-refractivity contribution in [3.05, 3.63) is 0 Å². The van der Waals surface area contributed by atoms with E-state index in [0.717, 1.165) is 6.42 Å². The molecule has 0 spiro atoms. The number of fused-ring (bicyclic) bond motifs is 2. The van der Waals surface area contributed by atoms with Crippen LogP contribution >= 0.6 is 0 Å². The van der Waals surface area contributed by atoms with Crippen LogP contribution in [-0.2, 0) is 4.79 Å². The zero-order chi connectivity index (χ0) is 11.6. The first-order valence-electron chi connectivity index (χ1n) is 5.33. The molecule has 2 aliphatic carbocycles. The van der Waals surface area contributed by atoms with Gasteiger partial charge < -0.3 is 15.3 Å². The molecule has 15 heavy (non-hydrogen) atoms. The van der Waals surface area contributed by atoms with Crippen LogP contribution in [0, 0.1) is 16.7 Å². The van der Waals surface area contributed by atoms with E-state index in [9.17, 15) is 15.0 Å². The Bertz CT molecular complexity index is 325. The Hall–Kier alpha value is -0.610. The maximum Gasteiger partial charge on any atom is 0.339 e. The molecule has 2 saturated carbocycles. The van der Waals surface area contributed by atoms with Crippen LogP contribution in [0.2, 0.25) is 0 Å². The number of aliphatic carboxylic acids is 1. The second-order valence-electron chi connectivity index (χ2n) is 5.72. The van der Waals surface area contributed by atoms with Crippen LogP contribution in [0.4, 0.5) is 0 Å². The van der Waals surface area contributed by atoms with Crippen molar-refractivity contribution in [2.45, 2.75) is 45.3 Å². The van der Waals surface area contributed by atoms with E-state index in [-0.39, 0.29) is 11.3 Å². The summed E-state index contributed by atoms with van der Waals surface area (Å²) < 4.78 is 0. The Morgan fingerprint density at radius 1 is 1.33 bits per heavy atom. The van der Waals surface area contributed by atoms with Gasteiger partial charge in [0.25, 0.3) is 0 Å². The van der Waals surface area contributed by atoms with Gasteiger partial charge in [-0.3, -0.25) is 0 Å². The van der Waals surface area contributed by atoms with Gasteiger partial charge in [0.2, 0.25) is 0 Å². The topological polar surface area (TPSA) is 77.8 Å². The molecule has 4 nitrogen and oxygen atoms in total. The molecule has 0 aromatic heterocycles. The van der Waals surface area contributed by atoms with Gasteiger partial charge in [-0.15, -0.1) is 0 Å². The predicted molar refractivity (Wildman–Crippen MR) is 53.2 cm³/mol. The Kier molecular flexibility index (Phi) is 1.85. The average Bonchev–Trinajstić information content (AvgIpc) is 2.40. The number of aliphatic hydroxyl groups is 2. The maximum atomic E-state index is 11.2. The first-order valence-corrected chi connectivity index (χ1v) is 5.33. The minimum Gasteiger partial charge on any atom is -0.479 e. The normalized spacial score (nSPS) is 52.1. The summed E-state index contributed by atoms with van der Waals surface area (Å²) in [5.41, 5.74) is -3.06. The van der Waals surface area contributed by atoms with Crippen molar-refractivity contribution in [3.8, 4) is 0 Å². The first kappa shape index (κ1) is 10.9. The summed E-state index contributed by atoms with van der Waals surface area (Å²) >= 11 is 0. The van der Waals surface area contributed by atoms with Gasteiger partial charge in [-0.1, -0.05) is 20.8 Å². The third-order valence-electron chi connectivity index (χ3n) is 5.28. The standard InChI is InChI=1S/C11H18O4/c1-9(2)6-4-5-10(9,3)11(15,7(6)12)8(13)14/h6-7,12,15H,4-5H2,1-3H3,(H,13,14). The van der Waals surface area contributed by atoms with Crippen molar-refractivity contribution in [3.63, 3.8) is 0 Å². The molecule has 2 aliphatic rings. The van der Waals surface area contributed by atoms with Crippen LogP contribution in [0.1, 0.15) is 33.6 Å². The number of carbonyl (C=O) groups is 1. The van der Waals surface area contributed by atoms with E-state index in [1.165, 1.54) is 0 Å². The van der Waals surface area contributed by atoms with Crippen molar-refractivity contribution in [2.24, 2.45) is 16.7 Å². The number of hydrogen-bond acceptors (Lipinski definition) is 3. The average molecular weight is 214 g/mol. The van der Waals surface area contributed by atoms with E-state index < -0.39 is 23.1 Å². The third-order valence-corrected chi connectivity index (χ3v) is 5.28. The highest BCUT2D eigenvalue weighted by Gasteiger charge is 2.76. The van der Waals surface area contributed by atoms with Gasteiger partial charge in [-0.25, -0.2) is 4.79 Å². The second-order valence-corrected chi connectivity index (χ2v) is 5.72. The summed E-state index contributed by atoms with van der Waals surface area (Å²) in [6.07, 6.45) is 0.300. The lowest BCUT2D eigenvalue weighted by molar-refractivity contribution is -0.194. The van der Waals surface area contributed by atoms with Crippen LogP contribution in [-0.4, -0.2) is 33.0 Å². The molecule has 4 atom stereocenters. The van der Waals surface area contributed by atoms with Gasteiger partial charge in [0, 0.05) is 5.41 Å². The number of hydrogen-bond donors (Lipinski definition) is 3. The molecule has 2 rings (SSSR count). The predicted octanol–water partition coefficient (Wildman–Crippen LogP) is 0.619. The molecule has 0 heterocycles. The maximum absolute atomic E-state index is 11.2. The molecule has 2 fully saturated rings. The van der Waals surface area contributed by atoms with Crippen molar-refractivity contribution < 1.29 is 20.1 Å². The van der Waals surface area contributed by atoms with Crippen LogP contribution in [0.3, 0.4) is 0 Å². The van der Waals surface area contributed by atoms with Crippen LogP contribution in [0.15, 0.2) is 0 Å². The zero-order valence-corrected chi connectivity index (χ0v) is 9.32. The summed E-state index contributed by atoms with van der Waals surface area (Å²) in [5, 5.41) is 29.4. The molecule has 86 valence electrons. The lowest BCUT2D eigenvalue weighted by atomic mass is 9.64. The molecule has 0 amide bonds. The Morgan fingerprint density at radius 3 is 2.13 bits per heavy atom. The monoisotopic (exact) mass is 214 g/mol. The summed E-state index contributed by atoms with van der Waals surface area (Å²) in [6, 6.07) is 0. The van der Waals surface area contributed by atoms with Gasteiger partial charge in [0.05, 0.1) is 6.10 Å². The fourth-order valence-corrected chi connectivity index (χ4v) is 3.75. The highest BCUT2D eigenvalue weighted by molar-refractivity contribution is 5.81. The van der Waals surface area contributed by atoms with Crippen molar-refractivity contribution in [1.29, 1.82) is 0 Å². The highest BCUT2D eigenvalue weighted by Crippen LogP contribution is 2.69. The lowest BCUT2D eigenvalue weighted by Crippen LogP contribution is -2.59. The van der Waals surface area contributed by atoms with E-state index in [1.807, 2.05) is 13.8 Å². The SMILES string of the molecule is CC1(C)C2CCC1(C)C(O)(C(=O)O)C2O. The summed E-state index contributed by atoms with van der Waals surface area (Å²) in [6.45, 7) is 5.65. The van der Waals surface area contributed by atoms with Crippen LogP contribution in [0.5, 0.6) is 0 Å². The van der Waals surface area contributed by atoms with Crippen molar-refractivity contribution in [1.82, 2.24) is 0 Å². The zero-order valence-electron chi connectivity index (χ0n) is 9.32. The fraction of sp³-hybridized carbons (Fsp3) is 0.909. The smallest absolute Gasteiger partial charge is 0.339 e. The number of carboxylic acids is 1. The molecule has 0 aromatic rings. The van der Waals surface area contributed by atoms with Crippen molar-refractivity contribution in [2.75, 3.05) is 0 Å². The Labute approximate surface area is 88.9 Å². The van der Waals surface area contributed by atoms with E-state index >= 15 is 0 Å². The van der Waals surface area contributed by atoms with Crippen LogP contribution in [0.25, 0.3) is 0 Å².